The first-order valence-electron chi connectivity index (χ1n) is 9.16. The molecule has 0 saturated carbocycles. The molecule has 28 heavy (non-hydrogen) atoms. The van der Waals surface area contributed by atoms with E-state index in [0.29, 0.717) is 10.6 Å². The predicted octanol–water partition coefficient (Wildman–Crippen LogP) is 4.23. The molecule has 0 spiro atoms. The summed E-state index contributed by atoms with van der Waals surface area (Å²) in [6.07, 6.45) is 3.70. The number of allylic oxidation sites excluding steroid dienone is 5. The molecule has 4 unspecified atom stereocenters. The van der Waals surface area contributed by atoms with E-state index in [1.165, 1.54) is 0 Å². The van der Waals surface area contributed by atoms with Gasteiger partial charge in [-0.1, -0.05) is 60.7 Å². The van der Waals surface area contributed by atoms with Crippen LogP contribution in [0.4, 0.5) is 0 Å². The molecule has 1 aromatic carbocycles. The number of nitrogens with two attached hydrogens (primary N) is 1. The van der Waals surface area contributed by atoms with Gasteiger partial charge in [0.15, 0.2) is 0 Å². The Morgan fingerprint density at radius 1 is 1.39 bits per heavy atom. The van der Waals surface area contributed by atoms with Gasteiger partial charge in [0.05, 0.1) is 30.6 Å². The average Bonchev–Trinajstić information content (AvgIpc) is 2.71. The lowest BCUT2D eigenvalue weighted by Gasteiger charge is -2.43. The lowest BCUT2D eigenvalue weighted by atomic mass is 9.70. The zero-order valence-corrected chi connectivity index (χ0v) is 16.8. The summed E-state index contributed by atoms with van der Waals surface area (Å²) >= 11 is 6.42. The fourth-order valence-electron chi connectivity index (χ4n) is 3.43. The summed E-state index contributed by atoms with van der Waals surface area (Å²) in [6, 6.07) is 11.5. The van der Waals surface area contributed by atoms with E-state index in [1.54, 1.807) is 19.1 Å². The Morgan fingerprint density at radius 3 is 2.64 bits per heavy atom. The second-order valence-electron chi connectivity index (χ2n) is 6.46. The molecule has 5 nitrogen and oxygen atoms in total. The van der Waals surface area contributed by atoms with Crippen LogP contribution in [-0.4, -0.2) is 18.8 Å². The number of carbonyl (C=O) groups is 1. The Balaban J connectivity index is 2.57. The first kappa shape index (κ1) is 21.9. The molecule has 2 rings (SSSR count). The van der Waals surface area contributed by atoms with Crippen LogP contribution in [-0.2, 0) is 14.3 Å². The van der Waals surface area contributed by atoms with Gasteiger partial charge in [-0.25, -0.2) is 0 Å². The Bertz CT molecular complexity index is 798. The van der Waals surface area contributed by atoms with Gasteiger partial charge in [0.1, 0.15) is 6.23 Å². The fraction of sp³-hybridized carbons (Fsp3) is 0.364. The maximum atomic E-state index is 12.9. The van der Waals surface area contributed by atoms with E-state index in [0.717, 1.165) is 5.56 Å². The highest BCUT2D eigenvalue weighted by molar-refractivity contribution is 6.32. The quantitative estimate of drug-likeness (QED) is 0.570. The van der Waals surface area contributed by atoms with Crippen LogP contribution in [0.1, 0.15) is 25.5 Å². The lowest BCUT2D eigenvalue weighted by molar-refractivity contribution is -0.174. The second-order valence-corrected chi connectivity index (χ2v) is 6.86. The van der Waals surface area contributed by atoms with E-state index in [9.17, 15) is 10.1 Å². The zero-order valence-electron chi connectivity index (χ0n) is 16.0. The molecule has 0 aliphatic carbocycles. The third-order valence-corrected chi connectivity index (χ3v) is 5.11. The van der Waals surface area contributed by atoms with Crippen molar-refractivity contribution >= 4 is 17.6 Å². The van der Waals surface area contributed by atoms with Crippen LogP contribution in [0.5, 0.6) is 0 Å². The Labute approximate surface area is 171 Å². The summed E-state index contributed by atoms with van der Waals surface area (Å²) in [5, 5.41) is 10.1. The standard InChI is InChI=1S/C22H25ClN2O3/c1-4-6-12-17(23)14(3)18-16(13-24)21(25)28-20(15-10-8-7-9-11-15)19(18)22(26)27-5-2/h4,6-12,16,18-21H,3,5,25H2,1-2H3/b6-4-,17-12+/t16?,18-,19?,20?,21?/m1/s1. The van der Waals surface area contributed by atoms with Crippen molar-refractivity contribution in [3.05, 3.63) is 71.3 Å². The van der Waals surface area contributed by atoms with Crippen LogP contribution in [0, 0.1) is 29.1 Å². The molecule has 0 radical (unpaired) electrons. The smallest absolute Gasteiger partial charge is 0.312 e. The molecule has 148 valence electrons. The van der Waals surface area contributed by atoms with Crippen molar-refractivity contribution < 1.29 is 14.3 Å². The average molecular weight is 401 g/mol. The molecule has 1 aliphatic heterocycles. The normalized spacial score (nSPS) is 28.0. The third-order valence-electron chi connectivity index (χ3n) is 4.74. The Morgan fingerprint density at radius 2 is 2.07 bits per heavy atom. The van der Waals surface area contributed by atoms with Gasteiger partial charge in [-0.2, -0.15) is 5.26 Å². The van der Waals surface area contributed by atoms with Gasteiger partial charge in [0.25, 0.3) is 0 Å². The highest BCUT2D eigenvalue weighted by Gasteiger charge is 2.50. The van der Waals surface area contributed by atoms with Crippen LogP contribution in [0.25, 0.3) is 0 Å². The van der Waals surface area contributed by atoms with Gasteiger partial charge in [-0.3, -0.25) is 4.79 Å². The van der Waals surface area contributed by atoms with Crippen LogP contribution < -0.4 is 5.73 Å². The number of hydrogen-bond acceptors (Lipinski definition) is 5. The molecule has 0 aromatic heterocycles. The van der Waals surface area contributed by atoms with Crippen LogP contribution in [0.3, 0.4) is 0 Å². The van der Waals surface area contributed by atoms with Crippen molar-refractivity contribution in [2.24, 2.45) is 23.5 Å². The van der Waals surface area contributed by atoms with E-state index in [4.69, 9.17) is 26.8 Å². The maximum Gasteiger partial charge on any atom is 0.312 e. The number of benzene rings is 1. The van der Waals surface area contributed by atoms with Crippen molar-refractivity contribution in [1.29, 1.82) is 5.26 Å². The molecule has 1 saturated heterocycles. The maximum absolute atomic E-state index is 12.9. The third kappa shape index (κ3) is 4.71. The number of ether oxygens (including phenoxy) is 2. The van der Waals surface area contributed by atoms with Gasteiger partial charge in [-0.15, -0.1) is 0 Å². The summed E-state index contributed by atoms with van der Waals surface area (Å²) in [6.45, 7) is 7.88. The molecule has 1 fully saturated rings. The minimum Gasteiger partial charge on any atom is -0.466 e. The molecular weight excluding hydrogens is 376 g/mol. The highest BCUT2D eigenvalue weighted by atomic mass is 35.5. The molecule has 2 N–H and O–H groups in total. The Kier molecular flexibility index (Phi) is 8.01. The van der Waals surface area contributed by atoms with Crippen molar-refractivity contribution in [2.75, 3.05) is 6.61 Å². The fourth-order valence-corrected chi connectivity index (χ4v) is 3.62. The summed E-state index contributed by atoms with van der Waals surface area (Å²) < 4.78 is 11.2. The van der Waals surface area contributed by atoms with Gasteiger partial charge >= 0.3 is 5.97 Å². The molecule has 5 atom stereocenters. The number of nitriles is 1. The largest absolute Gasteiger partial charge is 0.466 e. The number of halogens is 1. The predicted molar refractivity (Wildman–Crippen MR) is 109 cm³/mol. The highest BCUT2D eigenvalue weighted by Crippen LogP contribution is 2.47. The molecule has 1 aliphatic rings. The second kappa shape index (κ2) is 10.2. The summed E-state index contributed by atoms with van der Waals surface area (Å²) in [7, 11) is 0. The van der Waals surface area contributed by atoms with E-state index in [-0.39, 0.29) is 6.61 Å². The first-order valence-corrected chi connectivity index (χ1v) is 9.53. The first-order chi connectivity index (χ1) is 13.5. The minimum absolute atomic E-state index is 0.210. The molecule has 1 aromatic rings. The topological polar surface area (TPSA) is 85.3 Å². The van der Waals surface area contributed by atoms with Gasteiger partial charge < -0.3 is 15.2 Å². The van der Waals surface area contributed by atoms with Gasteiger partial charge in [-0.05, 0) is 31.1 Å². The van der Waals surface area contributed by atoms with Crippen molar-refractivity contribution in [3.8, 4) is 6.07 Å². The summed E-state index contributed by atoms with van der Waals surface area (Å²) in [5.74, 6) is -2.71. The van der Waals surface area contributed by atoms with Gasteiger partial charge in [0.2, 0.25) is 0 Å². The monoisotopic (exact) mass is 400 g/mol. The lowest BCUT2D eigenvalue weighted by Crippen LogP contribution is -2.51. The molecule has 0 bridgehead atoms. The van der Waals surface area contributed by atoms with Crippen LogP contribution >= 0.6 is 11.6 Å². The van der Waals surface area contributed by atoms with Crippen LogP contribution in [0.15, 0.2) is 65.7 Å². The number of rotatable bonds is 6. The SMILES string of the molecule is C=C(/C(Cl)=C\C=C/C)[C@@H]1C(C#N)C(N)OC(c2ccccc2)C1C(=O)OCC. The molecule has 1 heterocycles. The van der Waals surface area contributed by atoms with Crippen molar-refractivity contribution in [1.82, 2.24) is 0 Å². The molecule has 0 amide bonds. The number of esters is 1. The Hall–Kier alpha value is -2.39. The van der Waals surface area contributed by atoms with E-state index >= 15 is 0 Å². The number of carbonyl (C=O) groups excluding carboxylic acids is 1. The van der Waals surface area contributed by atoms with Crippen molar-refractivity contribution in [2.45, 2.75) is 26.2 Å². The van der Waals surface area contributed by atoms with Crippen LogP contribution in [0.2, 0.25) is 0 Å². The summed E-state index contributed by atoms with van der Waals surface area (Å²) in [5.41, 5.74) is 7.41. The van der Waals surface area contributed by atoms with Crippen molar-refractivity contribution in [3.63, 3.8) is 0 Å². The van der Waals surface area contributed by atoms with Gasteiger partial charge in [0, 0.05) is 11.0 Å². The number of nitrogens with zero attached hydrogens (tertiary/aromatic N) is 1. The molecule has 6 heteroatoms. The molecular formula is C22H25ClN2O3. The zero-order chi connectivity index (χ0) is 20.7. The minimum atomic E-state index is -0.895. The van der Waals surface area contributed by atoms with E-state index in [2.05, 4.69) is 12.6 Å². The van der Waals surface area contributed by atoms with E-state index in [1.807, 2.05) is 43.3 Å². The summed E-state index contributed by atoms with van der Waals surface area (Å²) in [4.78, 5) is 12.9. The van der Waals surface area contributed by atoms with E-state index < -0.39 is 36.1 Å². The number of hydrogen-bond donors (Lipinski definition) is 1.